The fourth-order valence-corrected chi connectivity index (χ4v) is 4.40. The summed E-state index contributed by atoms with van der Waals surface area (Å²) < 4.78 is 6.75. The number of hydrogen-bond acceptors (Lipinski definition) is 6. The van der Waals surface area contributed by atoms with Gasteiger partial charge in [-0.25, -0.2) is 4.79 Å². The predicted octanol–water partition coefficient (Wildman–Crippen LogP) is 1.53. The second-order valence-electron chi connectivity index (χ2n) is 7.06. The Balaban J connectivity index is 1.71. The number of ether oxygens (including phenoxy) is 1. The lowest BCUT2D eigenvalue weighted by atomic mass is 9.84. The number of carboxylic acids is 1. The summed E-state index contributed by atoms with van der Waals surface area (Å²) in [6, 6.07) is 4.20. The number of rotatable bonds is 4. The highest BCUT2D eigenvalue weighted by molar-refractivity contribution is 5.98. The molecule has 1 aromatic heterocycles. The van der Waals surface area contributed by atoms with E-state index in [1.807, 2.05) is 0 Å². The van der Waals surface area contributed by atoms with Crippen molar-refractivity contribution in [2.45, 2.75) is 44.2 Å². The van der Waals surface area contributed by atoms with E-state index in [9.17, 15) is 14.7 Å². The molecular weight excluding hydrogens is 350 g/mol. The molecule has 2 aliphatic rings. The number of aromatic nitrogens is 4. The van der Waals surface area contributed by atoms with E-state index in [0.29, 0.717) is 23.4 Å². The summed E-state index contributed by atoms with van der Waals surface area (Å²) in [4.78, 5) is 26.7. The van der Waals surface area contributed by atoms with E-state index in [0.717, 1.165) is 25.7 Å². The maximum atomic E-state index is 13.3. The number of fused-ring (bicyclic) bond motifs is 1. The average Bonchev–Trinajstić information content (AvgIpc) is 3.34. The highest BCUT2D eigenvalue weighted by atomic mass is 16.5. The maximum absolute atomic E-state index is 13.3. The molecule has 2 heterocycles. The second-order valence-corrected chi connectivity index (χ2v) is 7.06. The van der Waals surface area contributed by atoms with Crippen molar-refractivity contribution in [3.8, 4) is 11.4 Å². The topological polar surface area (TPSA) is 110 Å². The first kappa shape index (κ1) is 17.4. The molecule has 1 aromatic carbocycles. The molecule has 1 saturated heterocycles. The molecule has 0 spiro atoms. The summed E-state index contributed by atoms with van der Waals surface area (Å²) in [6.45, 7) is 0. The highest BCUT2D eigenvalue weighted by Crippen LogP contribution is 2.40. The van der Waals surface area contributed by atoms with Gasteiger partial charge in [-0.1, -0.05) is 12.8 Å². The molecule has 1 amide bonds. The molecule has 1 saturated carbocycles. The Kier molecular flexibility index (Phi) is 4.51. The molecule has 0 bridgehead atoms. The van der Waals surface area contributed by atoms with E-state index in [1.165, 1.54) is 18.1 Å². The molecule has 3 atom stereocenters. The number of hydrogen-bond donors (Lipinski definition) is 1. The molecular formula is C18H21N5O4. The van der Waals surface area contributed by atoms with Crippen molar-refractivity contribution in [3.63, 3.8) is 0 Å². The summed E-state index contributed by atoms with van der Waals surface area (Å²) in [5.41, 5.74) is 0.929. The van der Waals surface area contributed by atoms with Crippen LogP contribution >= 0.6 is 0 Å². The van der Waals surface area contributed by atoms with Crippen LogP contribution in [0.2, 0.25) is 0 Å². The predicted molar refractivity (Wildman–Crippen MR) is 93.7 cm³/mol. The third-order valence-electron chi connectivity index (χ3n) is 5.63. The third-order valence-corrected chi connectivity index (χ3v) is 5.63. The van der Waals surface area contributed by atoms with Crippen molar-refractivity contribution in [1.29, 1.82) is 0 Å². The third kappa shape index (κ3) is 3.02. The zero-order chi connectivity index (χ0) is 19.0. The van der Waals surface area contributed by atoms with Crippen LogP contribution in [0.25, 0.3) is 5.69 Å². The fourth-order valence-electron chi connectivity index (χ4n) is 4.40. The van der Waals surface area contributed by atoms with Gasteiger partial charge in [-0.2, -0.15) is 4.68 Å². The molecule has 1 N–H and O–H groups in total. The van der Waals surface area contributed by atoms with Crippen LogP contribution in [0, 0.1) is 5.92 Å². The SMILES string of the molecule is COc1ccc(C(=O)N2C(C(=O)O)CC3CCCCC32)cc1-n1cnnn1. The van der Waals surface area contributed by atoms with Gasteiger partial charge < -0.3 is 14.7 Å². The van der Waals surface area contributed by atoms with E-state index < -0.39 is 12.0 Å². The van der Waals surface area contributed by atoms with Crippen LogP contribution < -0.4 is 4.74 Å². The number of tetrazole rings is 1. The maximum Gasteiger partial charge on any atom is 0.326 e. The van der Waals surface area contributed by atoms with Crippen molar-refractivity contribution in [1.82, 2.24) is 25.1 Å². The first-order valence-electron chi connectivity index (χ1n) is 9.07. The lowest BCUT2D eigenvalue weighted by Crippen LogP contribution is -2.46. The van der Waals surface area contributed by atoms with Gasteiger partial charge in [0.15, 0.2) is 0 Å². The van der Waals surface area contributed by atoms with Crippen LogP contribution in [-0.4, -0.2) is 61.3 Å². The van der Waals surface area contributed by atoms with E-state index in [2.05, 4.69) is 15.5 Å². The standard InChI is InChI=1S/C18H21N5O4/c1-27-16-7-6-12(9-14(16)22-10-19-20-21-22)17(24)23-13-5-3-2-4-11(13)8-15(23)18(25)26/h6-7,9-11,13,15H,2-5,8H2,1H3,(H,25,26). The average molecular weight is 371 g/mol. The number of amides is 1. The molecule has 9 heteroatoms. The number of benzene rings is 1. The minimum atomic E-state index is -0.938. The van der Waals surface area contributed by atoms with Crippen molar-refractivity contribution < 1.29 is 19.4 Å². The molecule has 1 aliphatic carbocycles. The summed E-state index contributed by atoms with van der Waals surface area (Å²) in [7, 11) is 1.53. The molecule has 3 unspecified atom stereocenters. The molecule has 27 heavy (non-hydrogen) atoms. The Hall–Kier alpha value is -2.97. The van der Waals surface area contributed by atoms with E-state index in [-0.39, 0.29) is 17.9 Å². The summed E-state index contributed by atoms with van der Waals surface area (Å²) >= 11 is 0. The van der Waals surface area contributed by atoms with Gasteiger partial charge in [0.05, 0.1) is 7.11 Å². The van der Waals surface area contributed by atoms with Crippen molar-refractivity contribution in [2.75, 3.05) is 7.11 Å². The second kappa shape index (κ2) is 6.98. The summed E-state index contributed by atoms with van der Waals surface area (Å²) in [5.74, 6) is -0.424. The van der Waals surface area contributed by atoms with Gasteiger partial charge in [-0.15, -0.1) is 5.10 Å². The minimum absolute atomic E-state index is 0.00839. The number of carboxylic acid groups (broad SMARTS) is 1. The Morgan fingerprint density at radius 3 is 2.78 bits per heavy atom. The van der Waals surface area contributed by atoms with Crippen LogP contribution in [-0.2, 0) is 4.79 Å². The van der Waals surface area contributed by atoms with E-state index >= 15 is 0 Å². The van der Waals surface area contributed by atoms with Crippen molar-refractivity contribution in [3.05, 3.63) is 30.1 Å². The smallest absolute Gasteiger partial charge is 0.326 e. The first-order valence-corrected chi connectivity index (χ1v) is 9.07. The minimum Gasteiger partial charge on any atom is -0.494 e. The number of likely N-dealkylation sites (tertiary alicyclic amines) is 1. The summed E-state index contributed by atoms with van der Waals surface area (Å²) in [6.07, 6.45) is 5.91. The van der Waals surface area contributed by atoms with Gasteiger partial charge in [0.2, 0.25) is 0 Å². The number of methoxy groups -OCH3 is 1. The van der Waals surface area contributed by atoms with Crippen molar-refractivity contribution in [2.24, 2.45) is 5.92 Å². The Morgan fingerprint density at radius 1 is 1.26 bits per heavy atom. The Labute approximate surface area is 155 Å². The molecule has 9 nitrogen and oxygen atoms in total. The van der Waals surface area contributed by atoms with Gasteiger partial charge >= 0.3 is 5.97 Å². The Bertz CT molecular complexity index is 853. The number of aliphatic carboxylic acids is 1. The molecule has 2 aromatic rings. The van der Waals surface area contributed by atoms with Crippen LogP contribution in [0.15, 0.2) is 24.5 Å². The van der Waals surface area contributed by atoms with Crippen LogP contribution in [0.1, 0.15) is 42.5 Å². The van der Waals surface area contributed by atoms with Gasteiger partial charge in [-0.3, -0.25) is 4.79 Å². The quantitative estimate of drug-likeness (QED) is 0.867. The zero-order valence-corrected chi connectivity index (χ0v) is 15.0. The molecule has 0 radical (unpaired) electrons. The molecule has 142 valence electrons. The van der Waals surface area contributed by atoms with E-state index in [1.54, 1.807) is 23.1 Å². The Morgan fingerprint density at radius 2 is 2.07 bits per heavy atom. The van der Waals surface area contributed by atoms with Crippen LogP contribution in [0.4, 0.5) is 0 Å². The number of carbonyl (C=O) groups excluding carboxylic acids is 1. The van der Waals surface area contributed by atoms with Crippen LogP contribution in [0.3, 0.4) is 0 Å². The highest BCUT2D eigenvalue weighted by Gasteiger charge is 2.47. The van der Waals surface area contributed by atoms with Crippen molar-refractivity contribution >= 4 is 11.9 Å². The number of carbonyl (C=O) groups is 2. The van der Waals surface area contributed by atoms with Gasteiger partial charge in [0, 0.05) is 11.6 Å². The summed E-state index contributed by atoms with van der Waals surface area (Å²) in [5, 5.41) is 20.8. The fraction of sp³-hybridized carbons (Fsp3) is 0.500. The molecule has 2 fully saturated rings. The van der Waals surface area contributed by atoms with E-state index in [4.69, 9.17) is 4.74 Å². The molecule has 1 aliphatic heterocycles. The van der Waals surface area contributed by atoms with Crippen LogP contribution in [0.5, 0.6) is 5.75 Å². The zero-order valence-electron chi connectivity index (χ0n) is 15.0. The van der Waals surface area contributed by atoms with Gasteiger partial charge in [0.25, 0.3) is 5.91 Å². The van der Waals surface area contributed by atoms with Gasteiger partial charge in [-0.05, 0) is 53.8 Å². The normalized spacial score (nSPS) is 24.5. The lowest BCUT2D eigenvalue weighted by Gasteiger charge is -2.33. The lowest BCUT2D eigenvalue weighted by molar-refractivity contribution is -0.141. The van der Waals surface area contributed by atoms with Gasteiger partial charge in [0.1, 0.15) is 23.8 Å². The molecule has 4 rings (SSSR count). The first-order chi connectivity index (χ1) is 13.1. The monoisotopic (exact) mass is 371 g/mol. The largest absolute Gasteiger partial charge is 0.494 e. The number of nitrogens with zero attached hydrogens (tertiary/aromatic N) is 5.